The van der Waals surface area contributed by atoms with Crippen LogP contribution in [0.3, 0.4) is 0 Å². The van der Waals surface area contributed by atoms with Crippen LogP contribution < -0.4 is 20.4 Å². The fourth-order valence-electron chi connectivity index (χ4n) is 4.20. The second-order valence-electron chi connectivity index (χ2n) is 8.63. The molecule has 2 atom stereocenters. The largest absolute Gasteiger partial charge is 0.453 e. The van der Waals surface area contributed by atoms with E-state index in [1.807, 2.05) is 0 Å². The monoisotopic (exact) mass is 552 g/mol. The summed E-state index contributed by atoms with van der Waals surface area (Å²) in [6, 6.07) is 1.29. The number of piperazine rings is 1. The highest BCUT2D eigenvalue weighted by Gasteiger charge is 2.34. The number of benzene rings is 1. The molecule has 12 nitrogen and oxygen atoms in total. The van der Waals surface area contributed by atoms with Gasteiger partial charge in [0.05, 0.1) is 31.4 Å². The second kappa shape index (κ2) is 11.6. The number of nitrogens with one attached hydrogen (secondary N) is 2. The van der Waals surface area contributed by atoms with Crippen molar-refractivity contribution in [2.24, 2.45) is 0 Å². The number of aromatic nitrogens is 1. The van der Waals surface area contributed by atoms with E-state index >= 15 is 8.78 Å². The molecule has 0 saturated carbocycles. The summed E-state index contributed by atoms with van der Waals surface area (Å²) >= 11 is 1.27. The van der Waals surface area contributed by atoms with Gasteiger partial charge >= 0.3 is 12.2 Å². The van der Waals surface area contributed by atoms with Gasteiger partial charge in [-0.1, -0.05) is 0 Å². The number of hydrogen-bond acceptors (Lipinski definition) is 9. The molecule has 0 bridgehead atoms. The number of halogens is 2. The Morgan fingerprint density at radius 1 is 1.21 bits per heavy atom. The van der Waals surface area contributed by atoms with E-state index in [4.69, 9.17) is 4.74 Å². The van der Waals surface area contributed by atoms with Gasteiger partial charge < -0.3 is 29.9 Å². The molecule has 1 aromatic heterocycles. The highest BCUT2D eigenvalue weighted by molar-refractivity contribution is 7.07. The van der Waals surface area contributed by atoms with Gasteiger partial charge in [-0.25, -0.2) is 23.4 Å². The Bertz CT molecular complexity index is 1180. The summed E-state index contributed by atoms with van der Waals surface area (Å²) in [6.45, 7) is 2.26. The van der Waals surface area contributed by atoms with Gasteiger partial charge in [-0.05, 0) is 6.92 Å². The van der Waals surface area contributed by atoms with Crippen LogP contribution in [0.1, 0.15) is 17.4 Å². The van der Waals surface area contributed by atoms with E-state index in [1.165, 1.54) is 33.8 Å². The van der Waals surface area contributed by atoms with Crippen LogP contribution in [-0.2, 0) is 14.3 Å². The summed E-state index contributed by atoms with van der Waals surface area (Å²) < 4.78 is 39.7. The Balaban J connectivity index is 1.35. The Morgan fingerprint density at radius 3 is 2.50 bits per heavy atom. The molecule has 0 aliphatic carbocycles. The van der Waals surface area contributed by atoms with E-state index < -0.39 is 41.9 Å². The molecule has 0 radical (unpaired) electrons. The van der Waals surface area contributed by atoms with Crippen LogP contribution in [0.15, 0.2) is 23.0 Å². The van der Waals surface area contributed by atoms with E-state index in [1.54, 1.807) is 12.3 Å². The Labute approximate surface area is 220 Å². The molecule has 4 amide bonds. The van der Waals surface area contributed by atoms with Gasteiger partial charge in [-0.3, -0.25) is 14.5 Å². The van der Waals surface area contributed by atoms with Crippen molar-refractivity contribution in [3.8, 4) is 0 Å². The van der Waals surface area contributed by atoms with Gasteiger partial charge in [0.15, 0.2) is 11.6 Å². The first-order valence-electron chi connectivity index (χ1n) is 11.7. The van der Waals surface area contributed by atoms with E-state index in [0.29, 0.717) is 0 Å². The van der Waals surface area contributed by atoms with Gasteiger partial charge in [-0.2, -0.15) is 0 Å². The van der Waals surface area contributed by atoms with Crippen LogP contribution >= 0.6 is 11.3 Å². The number of thiazole rings is 1. The van der Waals surface area contributed by atoms with Gasteiger partial charge in [0.2, 0.25) is 5.91 Å². The van der Waals surface area contributed by atoms with Crippen molar-refractivity contribution >= 4 is 46.7 Å². The molecule has 1 aromatic carbocycles. The fraction of sp³-hybridized carbons (Fsp3) is 0.435. The van der Waals surface area contributed by atoms with E-state index in [-0.39, 0.29) is 62.2 Å². The lowest BCUT2D eigenvalue weighted by Gasteiger charge is -2.37. The number of anilines is 2. The number of carbonyl (C=O) groups excluding carboxylic acids is 4. The predicted octanol–water partition coefficient (Wildman–Crippen LogP) is 1.57. The zero-order chi connectivity index (χ0) is 27.4. The molecule has 0 unspecified atom stereocenters. The quantitative estimate of drug-likeness (QED) is 0.529. The number of amides is 4. The van der Waals surface area contributed by atoms with Crippen molar-refractivity contribution in [3.63, 3.8) is 0 Å². The van der Waals surface area contributed by atoms with Gasteiger partial charge in [0, 0.05) is 43.7 Å². The maximum absolute atomic E-state index is 15.1. The third-order valence-electron chi connectivity index (χ3n) is 6.14. The summed E-state index contributed by atoms with van der Waals surface area (Å²) in [6.07, 6.45) is -2.21. The molecule has 38 heavy (non-hydrogen) atoms. The Morgan fingerprint density at radius 2 is 1.89 bits per heavy atom. The number of hydrogen-bond donors (Lipinski definition) is 2. The van der Waals surface area contributed by atoms with Crippen molar-refractivity contribution in [2.45, 2.75) is 19.1 Å². The zero-order valence-corrected chi connectivity index (χ0v) is 21.4. The Hall–Kier alpha value is -4.01. The van der Waals surface area contributed by atoms with Crippen LogP contribution in [0, 0.1) is 11.6 Å². The van der Waals surface area contributed by atoms with Gasteiger partial charge in [-0.15, -0.1) is 11.3 Å². The van der Waals surface area contributed by atoms with Crippen LogP contribution in [0.4, 0.5) is 29.7 Å². The van der Waals surface area contributed by atoms with Crippen molar-refractivity contribution < 1.29 is 37.4 Å². The number of nitrogens with zero attached hydrogens (tertiary/aromatic N) is 4. The molecule has 3 heterocycles. The maximum Gasteiger partial charge on any atom is 0.414 e. The van der Waals surface area contributed by atoms with Gasteiger partial charge in [0.25, 0.3) is 5.91 Å². The maximum atomic E-state index is 15.1. The first-order valence-corrected chi connectivity index (χ1v) is 12.6. The molecule has 2 N–H and O–H groups in total. The van der Waals surface area contributed by atoms with Crippen LogP contribution in [0.25, 0.3) is 0 Å². The molecule has 2 aliphatic rings. The lowest BCUT2D eigenvalue weighted by atomic mass is 10.1. The highest BCUT2D eigenvalue weighted by atomic mass is 32.1. The summed E-state index contributed by atoms with van der Waals surface area (Å²) in [4.78, 5) is 56.4. The molecule has 2 saturated heterocycles. The molecule has 204 valence electrons. The smallest absolute Gasteiger partial charge is 0.414 e. The number of methoxy groups -OCH3 is 1. The molecule has 2 aromatic rings. The van der Waals surface area contributed by atoms with Crippen LogP contribution in [0.5, 0.6) is 0 Å². The average molecular weight is 553 g/mol. The first kappa shape index (κ1) is 27.0. The van der Waals surface area contributed by atoms with Crippen molar-refractivity contribution in [2.75, 3.05) is 56.2 Å². The van der Waals surface area contributed by atoms with E-state index in [9.17, 15) is 19.2 Å². The summed E-state index contributed by atoms with van der Waals surface area (Å²) in [5.74, 6) is -2.50. The van der Waals surface area contributed by atoms with Crippen molar-refractivity contribution in [3.05, 3.63) is 40.4 Å². The first-order chi connectivity index (χ1) is 18.2. The van der Waals surface area contributed by atoms with E-state index in [2.05, 4.69) is 20.4 Å². The average Bonchev–Trinajstić information content (AvgIpc) is 3.57. The molecule has 2 aliphatic heterocycles. The summed E-state index contributed by atoms with van der Waals surface area (Å²) in [5, 5.41) is 6.59. The third-order valence-corrected chi connectivity index (χ3v) is 6.72. The summed E-state index contributed by atoms with van der Waals surface area (Å²) in [7, 11) is 1.19. The van der Waals surface area contributed by atoms with Gasteiger partial charge in [0.1, 0.15) is 23.5 Å². The topological polar surface area (TPSA) is 133 Å². The van der Waals surface area contributed by atoms with Crippen molar-refractivity contribution in [1.29, 1.82) is 0 Å². The number of cyclic esters (lactones) is 1. The minimum Gasteiger partial charge on any atom is -0.453 e. The SMILES string of the molecule is COC(=O)NC[C@H]1CN(c2cc(F)c(N3CCN(C(=O)[C@H](C)NC(=O)c4cscn4)CC3)c(F)c2)C(=O)O1. The molecular weight excluding hydrogens is 526 g/mol. The Kier molecular flexibility index (Phi) is 8.24. The molecule has 2 fully saturated rings. The summed E-state index contributed by atoms with van der Waals surface area (Å²) in [5.41, 5.74) is 1.46. The molecular formula is C23H26F2N6O6S. The van der Waals surface area contributed by atoms with Crippen LogP contribution in [-0.4, -0.2) is 92.4 Å². The number of rotatable bonds is 7. The lowest BCUT2D eigenvalue weighted by Crippen LogP contribution is -2.54. The number of alkyl carbamates (subject to hydrolysis) is 1. The minimum atomic E-state index is -0.868. The third kappa shape index (κ3) is 5.93. The minimum absolute atomic E-state index is 0.0148. The van der Waals surface area contributed by atoms with Crippen molar-refractivity contribution in [1.82, 2.24) is 20.5 Å². The fourth-order valence-corrected chi connectivity index (χ4v) is 4.73. The second-order valence-corrected chi connectivity index (χ2v) is 9.35. The molecule has 15 heteroatoms. The van der Waals surface area contributed by atoms with E-state index in [0.717, 1.165) is 17.0 Å². The normalized spacial score (nSPS) is 18.2. The number of carbonyl (C=O) groups is 4. The highest BCUT2D eigenvalue weighted by Crippen LogP contribution is 2.31. The standard InChI is InChI=1S/C23H26F2N6O6S/c1-13(28-20(32)18-11-38-12-27-18)21(33)30-5-3-29(4-6-30)19-16(24)7-14(8-17(19)25)31-10-15(37-23(31)35)9-26-22(34)36-2/h7-8,11-13,15H,3-6,9-10H2,1-2H3,(H,26,34)(H,28,32)/t13-,15-/m0/s1. The number of ether oxygens (including phenoxy) is 2. The van der Waals surface area contributed by atoms with Crippen LogP contribution in [0.2, 0.25) is 0 Å². The molecule has 0 spiro atoms. The predicted molar refractivity (Wildman–Crippen MR) is 132 cm³/mol. The zero-order valence-electron chi connectivity index (χ0n) is 20.6. The lowest BCUT2D eigenvalue weighted by molar-refractivity contribution is -0.133. The molecule has 4 rings (SSSR count).